The number of fused-ring (bicyclic) bond motifs is 3. The van der Waals surface area contributed by atoms with E-state index in [4.69, 9.17) is 23.7 Å². The summed E-state index contributed by atoms with van der Waals surface area (Å²) in [5.41, 5.74) is -6.12. The van der Waals surface area contributed by atoms with Crippen molar-refractivity contribution >= 4 is 29.8 Å². The van der Waals surface area contributed by atoms with Crippen molar-refractivity contribution in [2.45, 2.75) is 142 Å². The lowest BCUT2D eigenvalue weighted by atomic mass is 9.75. The predicted molar refractivity (Wildman–Crippen MR) is 155 cm³/mol. The average molecular weight is 623 g/mol. The average Bonchev–Trinajstić information content (AvgIpc) is 3.26. The zero-order valence-corrected chi connectivity index (χ0v) is 26.9. The van der Waals surface area contributed by atoms with Crippen molar-refractivity contribution in [3.63, 3.8) is 0 Å². The Balaban J connectivity index is 2.29. The summed E-state index contributed by atoms with van der Waals surface area (Å²) in [6, 6.07) is 0. The van der Waals surface area contributed by atoms with Crippen molar-refractivity contribution in [2.75, 3.05) is 0 Å². The van der Waals surface area contributed by atoms with Crippen molar-refractivity contribution in [3.8, 4) is 0 Å². The van der Waals surface area contributed by atoms with Crippen LogP contribution in [-0.2, 0) is 47.7 Å². The summed E-state index contributed by atoms with van der Waals surface area (Å²) in [6.07, 6.45) is -1.96. The lowest BCUT2D eigenvalue weighted by Crippen LogP contribution is -2.64. The van der Waals surface area contributed by atoms with Gasteiger partial charge in [0.05, 0.1) is 5.92 Å². The van der Waals surface area contributed by atoms with Gasteiger partial charge >= 0.3 is 29.8 Å². The Bertz CT molecular complexity index is 1230. The van der Waals surface area contributed by atoms with Crippen LogP contribution in [0.5, 0.6) is 0 Å². The predicted octanol–water partition coefficient (Wildman–Crippen LogP) is 3.15. The number of hydrogen-bond acceptors (Lipinski definition) is 12. The molecule has 1 heterocycles. The van der Waals surface area contributed by atoms with Crippen molar-refractivity contribution in [1.29, 1.82) is 0 Å². The van der Waals surface area contributed by atoms with Crippen LogP contribution in [0.4, 0.5) is 0 Å². The van der Waals surface area contributed by atoms with E-state index in [0.29, 0.717) is 12.8 Å². The van der Waals surface area contributed by atoms with Crippen LogP contribution in [0.1, 0.15) is 100 Å². The summed E-state index contributed by atoms with van der Waals surface area (Å²) in [4.78, 5) is 64.7. The second-order valence-corrected chi connectivity index (χ2v) is 12.3. The number of aliphatic hydroxyl groups is 2. The molecule has 2 aliphatic carbocycles. The lowest BCUT2D eigenvalue weighted by Gasteiger charge is -2.41. The Morgan fingerprint density at radius 1 is 0.977 bits per heavy atom. The third-order valence-corrected chi connectivity index (χ3v) is 9.01. The molecule has 1 aliphatic heterocycles. The Kier molecular flexibility index (Phi) is 10.7. The first-order valence-electron chi connectivity index (χ1n) is 15.3. The minimum atomic E-state index is -2.57. The van der Waals surface area contributed by atoms with E-state index in [-0.39, 0.29) is 29.6 Å². The Labute approximate surface area is 258 Å². The van der Waals surface area contributed by atoms with E-state index < -0.39 is 83.4 Å². The molecule has 0 aromatic heterocycles. The highest BCUT2D eigenvalue weighted by atomic mass is 16.6. The topological polar surface area (TPSA) is 172 Å². The molecule has 3 aliphatic rings. The zero-order chi connectivity index (χ0) is 33.2. The molecule has 0 amide bonds. The number of allylic oxidation sites excluding steroid dienone is 1. The van der Waals surface area contributed by atoms with Gasteiger partial charge in [-0.25, -0.2) is 9.59 Å². The fraction of sp³-hybridized carbons (Fsp3) is 0.719. The molecular formula is C32H46O12. The Morgan fingerprint density at radius 3 is 2.18 bits per heavy atom. The van der Waals surface area contributed by atoms with E-state index in [2.05, 4.69) is 0 Å². The van der Waals surface area contributed by atoms with Gasteiger partial charge in [-0.15, -0.1) is 0 Å². The van der Waals surface area contributed by atoms with Crippen LogP contribution in [0.15, 0.2) is 22.8 Å². The lowest BCUT2D eigenvalue weighted by molar-refractivity contribution is -0.212. The number of esters is 5. The van der Waals surface area contributed by atoms with Crippen LogP contribution >= 0.6 is 0 Å². The fourth-order valence-electron chi connectivity index (χ4n) is 6.55. The fourth-order valence-corrected chi connectivity index (χ4v) is 6.55. The molecule has 8 atom stereocenters. The van der Waals surface area contributed by atoms with Crippen LogP contribution in [-0.4, -0.2) is 81.3 Å². The number of carbonyl (C=O) groups is 5. The number of unbranched alkanes of at least 4 members (excludes halogenated alkanes) is 2. The van der Waals surface area contributed by atoms with E-state index in [9.17, 15) is 34.2 Å². The second kappa shape index (κ2) is 13.4. The number of carbonyl (C=O) groups excluding carboxylic acids is 5. The van der Waals surface area contributed by atoms with Crippen LogP contribution in [0.25, 0.3) is 0 Å². The summed E-state index contributed by atoms with van der Waals surface area (Å²) in [5, 5.41) is 23.8. The molecular weight excluding hydrogens is 576 g/mol. The Hall–Kier alpha value is -3.25. The summed E-state index contributed by atoms with van der Waals surface area (Å²) in [7, 11) is 0. The molecule has 2 fully saturated rings. The highest BCUT2D eigenvalue weighted by Crippen LogP contribution is 2.57. The van der Waals surface area contributed by atoms with E-state index in [1.807, 2.05) is 6.92 Å². The smallest absolute Gasteiger partial charge is 0.341 e. The summed E-state index contributed by atoms with van der Waals surface area (Å²) < 4.78 is 29.1. The first kappa shape index (κ1) is 35.2. The quantitative estimate of drug-likeness (QED) is 0.114. The van der Waals surface area contributed by atoms with Gasteiger partial charge in [-0.3, -0.25) is 14.4 Å². The number of hydrogen-bond donors (Lipinski definition) is 2. The molecule has 0 bridgehead atoms. The van der Waals surface area contributed by atoms with Gasteiger partial charge in [0.25, 0.3) is 0 Å². The highest BCUT2D eigenvalue weighted by molar-refractivity contribution is 5.88. The molecule has 1 saturated carbocycles. The molecule has 246 valence electrons. The van der Waals surface area contributed by atoms with E-state index in [0.717, 1.165) is 19.8 Å². The summed E-state index contributed by atoms with van der Waals surface area (Å²) in [5.74, 6) is -5.05. The maximum Gasteiger partial charge on any atom is 0.341 e. The van der Waals surface area contributed by atoms with Gasteiger partial charge in [0.1, 0.15) is 11.7 Å². The molecule has 0 radical (unpaired) electrons. The third kappa shape index (κ3) is 6.28. The molecule has 12 heteroatoms. The van der Waals surface area contributed by atoms with Gasteiger partial charge in [-0.05, 0) is 58.6 Å². The zero-order valence-electron chi connectivity index (χ0n) is 26.9. The maximum atomic E-state index is 13.2. The molecule has 0 aromatic carbocycles. The standard InChI is InChI=1S/C32H46O12/c1-9-12-13-15-22(35)41-26-24-23(18(5)25(26)42-28(36)17(4)11-3)27-32(39,31(8,38)29(37)43-27)20(40-21(34)14-10-2)16-30(24,7)44-19(6)33/h11,20,24-27,38-39H,9-10,12-16H2,1-8H3/b17-11-/t20-,24-,25+,26+,27+,30+,31-,32+/m0/s1. The van der Waals surface area contributed by atoms with E-state index >= 15 is 0 Å². The Morgan fingerprint density at radius 2 is 1.61 bits per heavy atom. The molecule has 2 N–H and O–H groups in total. The molecule has 12 nitrogen and oxygen atoms in total. The van der Waals surface area contributed by atoms with Gasteiger partial charge in [0.15, 0.2) is 29.5 Å². The molecule has 0 aromatic rings. The molecule has 0 unspecified atom stereocenters. The van der Waals surface area contributed by atoms with E-state index in [1.165, 1.54) is 13.8 Å². The summed E-state index contributed by atoms with van der Waals surface area (Å²) in [6.45, 7) is 12.3. The van der Waals surface area contributed by atoms with Gasteiger partial charge in [-0.1, -0.05) is 32.8 Å². The second-order valence-electron chi connectivity index (χ2n) is 12.3. The van der Waals surface area contributed by atoms with Gasteiger partial charge in [0, 0.05) is 31.8 Å². The van der Waals surface area contributed by atoms with Crippen molar-refractivity contribution in [3.05, 3.63) is 22.8 Å². The third-order valence-electron chi connectivity index (χ3n) is 9.01. The molecule has 44 heavy (non-hydrogen) atoms. The molecule has 3 rings (SSSR count). The maximum absolute atomic E-state index is 13.2. The van der Waals surface area contributed by atoms with Crippen LogP contribution < -0.4 is 0 Å². The van der Waals surface area contributed by atoms with Crippen molar-refractivity contribution in [1.82, 2.24) is 0 Å². The molecule has 1 saturated heterocycles. The van der Waals surface area contributed by atoms with Gasteiger partial charge in [0.2, 0.25) is 0 Å². The minimum Gasteiger partial charge on any atom is -0.459 e. The van der Waals surface area contributed by atoms with Gasteiger partial charge in [-0.2, -0.15) is 0 Å². The minimum absolute atomic E-state index is 0.0239. The number of ether oxygens (including phenoxy) is 5. The van der Waals surface area contributed by atoms with Crippen molar-refractivity contribution < 1.29 is 57.9 Å². The summed E-state index contributed by atoms with van der Waals surface area (Å²) >= 11 is 0. The highest BCUT2D eigenvalue weighted by Gasteiger charge is 2.76. The van der Waals surface area contributed by atoms with Crippen LogP contribution in [0, 0.1) is 5.92 Å². The normalized spacial score (nSPS) is 34.8. The SMILES string of the molecule is C/C=C(/C)C(=O)O[C@@H]1C(C)=C2[C@H]3OC(=O)[C@](C)(O)[C@@]3(O)[C@@H](OC(=O)CCC)C[C@@](C)(OC(C)=O)[C@@H]2[C@H]1OC(=O)CCCCC. The molecule has 0 spiro atoms. The van der Waals surface area contributed by atoms with Gasteiger partial charge < -0.3 is 33.9 Å². The first-order valence-corrected chi connectivity index (χ1v) is 15.3. The van der Waals surface area contributed by atoms with Crippen LogP contribution in [0.2, 0.25) is 0 Å². The first-order chi connectivity index (χ1) is 20.5. The van der Waals surface area contributed by atoms with Crippen LogP contribution in [0.3, 0.4) is 0 Å². The monoisotopic (exact) mass is 622 g/mol. The van der Waals surface area contributed by atoms with E-state index in [1.54, 1.807) is 33.8 Å². The number of rotatable bonds is 11. The van der Waals surface area contributed by atoms with Crippen molar-refractivity contribution in [2.24, 2.45) is 5.92 Å². The largest absolute Gasteiger partial charge is 0.459 e.